The van der Waals surface area contributed by atoms with E-state index in [1.165, 1.54) is 43.3 Å². The molecule has 1 N–H and O–H groups in total. The van der Waals surface area contributed by atoms with Gasteiger partial charge in [0.1, 0.15) is 11.9 Å². The molecular weight excluding hydrogens is 502 g/mol. The van der Waals surface area contributed by atoms with Crippen LogP contribution in [0.5, 0.6) is 0 Å². The highest BCUT2D eigenvalue weighted by Gasteiger charge is 2.36. The smallest absolute Gasteiger partial charge is 0.347 e. The lowest BCUT2D eigenvalue weighted by atomic mass is 10.0. The van der Waals surface area contributed by atoms with Gasteiger partial charge in [0.2, 0.25) is 15.9 Å². The number of alkyl halides is 3. The van der Waals surface area contributed by atoms with Gasteiger partial charge in [-0.05, 0) is 49.6 Å². The summed E-state index contributed by atoms with van der Waals surface area (Å²) >= 11 is 0. The molecule has 7 nitrogen and oxygen atoms in total. The lowest BCUT2D eigenvalue weighted by molar-refractivity contribution is -0.137. The van der Waals surface area contributed by atoms with Crippen LogP contribution in [0.25, 0.3) is 0 Å². The Morgan fingerprint density at radius 1 is 1.17 bits per heavy atom. The number of likely N-dealkylation sites (tertiary alicyclic amines) is 1. The molecule has 0 radical (unpaired) electrons. The van der Waals surface area contributed by atoms with Crippen molar-refractivity contribution in [2.75, 3.05) is 20.6 Å². The zero-order chi connectivity index (χ0) is 26.8. The number of halogens is 4. The predicted octanol–water partition coefficient (Wildman–Crippen LogP) is 3.97. The van der Waals surface area contributed by atoms with E-state index in [1.54, 1.807) is 6.92 Å². The highest BCUT2D eigenvalue weighted by atomic mass is 32.2. The number of carbonyl (C=O) groups excluding carboxylic acids is 2. The third kappa shape index (κ3) is 5.70. The summed E-state index contributed by atoms with van der Waals surface area (Å²) in [7, 11) is -1.04. The molecule has 2 atom stereocenters. The van der Waals surface area contributed by atoms with Gasteiger partial charge in [0, 0.05) is 31.8 Å². The fourth-order valence-corrected chi connectivity index (χ4v) is 5.05. The van der Waals surface area contributed by atoms with E-state index in [0.717, 1.165) is 16.4 Å². The van der Waals surface area contributed by atoms with Crippen LogP contribution in [0.3, 0.4) is 0 Å². The first kappa shape index (κ1) is 27.6. The van der Waals surface area contributed by atoms with Crippen LogP contribution in [-0.4, -0.2) is 56.1 Å². The van der Waals surface area contributed by atoms with Gasteiger partial charge in [-0.15, -0.1) is 0 Å². The van der Waals surface area contributed by atoms with Gasteiger partial charge >= 0.3 is 6.18 Å². The standard InChI is InChI=1S/C24H27F4N3O4S/c1-4-20(18-11-10-16(14-19(18)25)24(26,27)28)29-22(32)21-9-6-12-31(21)23(33)15-7-5-8-17(13-15)36(34,35)30(2)3/h5,7-8,10-11,13-14,20-21H,4,6,9,12H2,1-3H3,(H,29,32)/t20?,21-/m1/s1. The molecule has 1 aliphatic rings. The second-order valence-corrected chi connectivity index (χ2v) is 10.8. The van der Waals surface area contributed by atoms with E-state index in [1.807, 2.05) is 0 Å². The van der Waals surface area contributed by atoms with E-state index in [0.29, 0.717) is 18.9 Å². The highest BCUT2D eigenvalue weighted by Crippen LogP contribution is 2.32. The molecule has 196 valence electrons. The van der Waals surface area contributed by atoms with Crippen molar-refractivity contribution >= 4 is 21.8 Å². The van der Waals surface area contributed by atoms with Gasteiger partial charge in [0.15, 0.2) is 0 Å². The fourth-order valence-electron chi connectivity index (χ4n) is 4.10. The Kier molecular flexibility index (Phi) is 8.09. The van der Waals surface area contributed by atoms with Crippen molar-refractivity contribution in [3.63, 3.8) is 0 Å². The van der Waals surface area contributed by atoms with E-state index < -0.39 is 51.5 Å². The summed E-state index contributed by atoms with van der Waals surface area (Å²) in [6, 6.07) is 5.87. The van der Waals surface area contributed by atoms with Crippen molar-refractivity contribution < 1.29 is 35.6 Å². The number of nitrogens with one attached hydrogen (secondary N) is 1. The first-order valence-corrected chi connectivity index (χ1v) is 12.7. The summed E-state index contributed by atoms with van der Waals surface area (Å²) in [6.07, 6.45) is -3.64. The van der Waals surface area contributed by atoms with E-state index >= 15 is 0 Å². The molecule has 12 heteroatoms. The second-order valence-electron chi connectivity index (χ2n) is 8.68. The quantitative estimate of drug-likeness (QED) is 0.550. The number of rotatable bonds is 7. The van der Waals surface area contributed by atoms with Crippen molar-refractivity contribution in [2.45, 2.75) is 49.3 Å². The first-order valence-electron chi connectivity index (χ1n) is 11.3. The van der Waals surface area contributed by atoms with Crippen LogP contribution in [0, 0.1) is 5.82 Å². The topological polar surface area (TPSA) is 86.8 Å². The van der Waals surface area contributed by atoms with E-state index in [4.69, 9.17) is 0 Å². The van der Waals surface area contributed by atoms with Crippen LogP contribution in [-0.2, 0) is 21.0 Å². The molecule has 0 aromatic heterocycles. The van der Waals surface area contributed by atoms with Gasteiger partial charge < -0.3 is 10.2 Å². The van der Waals surface area contributed by atoms with Gasteiger partial charge in [-0.1, -0.05) is 19.1 Å². The van der Waals surface area contributed by atoms with Crippen molar-refractivity contribution in [3.05, 3.63) is 65.0 Å². The van der Waals surface area contributed by atoms with Gasteiger partial charge in [-0.3, -0.25) is 9.59 Å². The average molecular weight is 530 g/mol. The number of benzene rings is 2. The molecule has 1 saturated heterocycles. The SMILES string of the molecule is CCC(NC(=O)[C@H]1CCCN1C(=O)c1cccc(S(=O)(=O)N(C)C)c1)c1ccc(C(F)(F)F)cc1F. The molecule has 2 amide bonds. The maximum atomic E-state index is 14.5. The number of hydrogen-bond donors (Lipinski definition) is 1. The van der Waals surface area contributed by atoms with Crippen LogP contribution in [0.15, 0.2) is 47.4 Å². The summed E-state index contributed by atoms with van der Waals surface area (Å²) in [5.74, 6) is -2.18. The van der Waals surface area contributed by atoms with Crippen molar-refractivity contribution in [1.29, 1.82) is 0 Å². The third-order valence-corrected chi connectivity index (χ3v) is 7.91. The normalized spacial score (nSPS) is 17.3. The van der Waals surface area contributed by atoms with Crippen LogP contribution in [0.2, 0.25) is 0 Å². The zero-order valence-electron chi connectivity index (χ0n) is 20.0. The van der Waals surface area contributed by atoms with Crippen LogP contribution < -0.4 is 5.32 Å². The minimum atomic E-state index is -4.70. The minimum absolute atomic E-state index is 0.0672. The number of nitrogens with zero attached hydrogens (tertiary/aromatic N) is 2. The molecule has 3 rings (SSSR count). The lowest BCUT2D eigenvalue weighted by Gasteiger charge is -2.27. The Hall–Kier alpha value is -2.99. The van der Waals surface area contributed by atoms with E-state index in [-0.39, 0.29) is 29.0 Å². The third-order valence-electron chi connectivity index (χ3n) is 6.10. The maximum absolute atomic E-state index is 14.5. The van der Waals surface area contributed by atoms with Crippen LogP contribution in [0.1, 0.15) is 53.7 Å². The number of carbonyl (C=O) groups is 2. The van der Waals surface area contributed by atoms with Gasteiger partial charge in [-0.25, -0.2) is 17.1 Å². The number of amides is 2. The number of hydrogen-bond acceptors (Lipinski definition) is 4. The van der Waals surface area contributed by atoms with Crippen molar-refractivity contribution in [3.8, 4) is 0 Å². The van der Waals surface area contributed by atoms with E-state index in [9.17, 15) is 35.6 Å². The first-order chi connectivity index (χ1) is 16.8. The zero-order valence-corrected chi connectivity index (χ0v) is 20.8. The molecule has 1 heterocycles. The predicted molar refractivity (Wildman–Crippen MR) is 124 cm³/mol. The summed E-state index contributed by atoms with van der Waals surface area (Å²) in [5, 5.41) is 2.65. The Labute approximate surface area is 207 Å². The van der Waals surface area contributed by atoms with Crippen molar-refractivity contribution in [1.82, 2.24) is 14.5 Å². The molecule has 0 bridgehead atoms. The summed E-state index contributed by atoms with van der Waals surface area (Å²) < 4.78 is 79.0. The van der Waals surface area contributed by atoms with Gasteiger partial charge in [0.25, 0.3) is 5.91 Å². The molecule has 36 heavy (non-hydrogen) atoms. The Morgan fingerprint density at radius 2 is 1.86 bits per heavy atom. The molecule has 0 saturated carbocycles. The molecular formula is C24H27F4N3O4S. The van der Waals surface area contributed by atoms with Crippen LogP contribution >= 0.6 is 0 Å². The Morgan fingerprint density at radius 3 is 2.44 bits per heavy atom. The van der Waals surface area contributed by atoms with Crippen LogP contribution in [0.4, 0.5) is 17.6 Å². The second kappa shape index (κ2) is 10.6. The monoisotopic (exact) mass is 529 g/mol. The van der Waals surface area contributed by atoms with Gasteiger partial charge in [-0.2, -0.15) is 13.2 Å². The average Bonchev–Trinajstić information content (AvgIpc) is 3.31. The molecule has 1 fully saturated rings. The van der Waals surface area contributed by atoms with E-state index in [2.05, 4.69) is 5.32 Å². The largest absolute Gasteiger partial charge is 0.416 e. The Bertz CT molecular complexity index is 1250. The molecule has 0 spiro atoms. The molecule has 2 aromatic rings. The fraction of sp³-hybridized carbons (Fsp3) is 0.417. The molecule has 2 aromatic carbocycles. The molecule has 1 aliphatic heterocycles. The summed E-state index contributed by atoms with van der Waals surface area (Å²) in [6.45, 7) is 1.91. The Balaban J connectivity index is 1.80. The minimum Gasteiger partial charge on any atom is -0.347 e. The van der Waals surface area contributed by atoms with Gasteiger partial charge in [0.05, 0.1) is 16.5 Å². The number of sulfonamides is 1. The van der Waals surface area contributed by atoms with Crippen molar-refractivity contribution in [2.24, 2.45) is 0 Å². The maximum Gasteiger partial charge on any atom is 0.416 e. The highest BCUT2D eigenvalue weighted by molar-refractivity contribution is 7.89. The summed E-state index contributed by atoms with van der Waals surface area (Å²) in [5.41, 5.74) is -1.12. The lowest BCUT2D eigenvalue weighted by Crippen LogP contribution is -2.47. The summed E-state index contributed by atoms with van der Waals surface area (Å²) in [4.78, 5) is 27.5. The molecule has 1 unspecified atom stereocenters. The molecule has 0 aliphatic carbocycles.